The van der Waals surface area contributed by atoms with Crippen LogP contribution in [0, 0.1) is 0 Å². The molecule has 0 spiro atoms. The minimum Gasteiger partial charge on any atom is -0.478 e. The zero-order valence-corrected chi connectivity index (χ0v) is 11.4. The van der Waals surface area contributed by atoms with E-state index in [-0.39, 0.29) is 5.69 Å². The first kappa shape index (κ1) is 16.5. The van der Waals surface area contributed by atoms with Gasteiger partial charge in [0.1, 0.15) is 0 Å². The fourth-order valence-electron chi connectivity index (χ4n) is 1.59. The molecule has 0 atom stereocenters. The van der Waals surface area contributed by atoms with Gasteiger partial charge in [-0.1, -0.05) is 24.9 Å². The van der Waals surface area contributed by atoms with Crippen molar-refractivity contribution >= 4 is 23.6 Å². The number of carboxylic acid groups (broad SMARTS) is 1. The molecular formula is C13H13ClF3NO2. The highest BCUT2D eigenvalue weighted by Crippen LogP contribution is 2.34. The molecule has 0 aliphatic carbocycles. The third-order valence-corrected chi connectivity index (χ3v) is 2.82. The van der Waals surface area contributed by atoms with Crippen LogP contribution in [0.15, 0.2) is 12.1 Å². The Morgan fingerprint density at radius 2 is 2.15 bits per heavy atom. The van der Waals surface area contributed by atoms with Crippen molar-refractivity contribution in [2.75, 3.05) is 0 Å². The number of unbranched alkanes of at least 4 members (excludes halogenated alkanes) is 1. The molecule has 1 aromatic rings. The van der Waals surface area contributed by atoms with Crippen molar-refractivity contribution in [3.63, 3.8) is 0 Å². The summed E-state index contributed by atoms with van der Waals surface area (Å²) in [7, 11) is 0. The van der Waals surface area contributed by atoms with Crippen LogP contribution in [0.25, 0.3) is 6.08 Å². The van der Waals surface area contributed by atoms with E-state index >= 15 is 0 Å². The minimum absolute atomic E-state index is 0.195. The normalized spacial score (nSPS) is 12.1. The van der Waals surface area contributed by atoms with Gasteiger partial charge in [-0.15, -0.1) is 0 Å². The second-order valence-electron chi connectivity index (χ2n) is 4.13. The molecule has 20 heavy (non-hydrogen) atoms. The summed E-state index contributed by atoms with van der Waals surface area (Å²) < 4.78 is 38.2. The number of nitrogens with zero attached hydrogens (tertiary/aromatic N) is 1. The van der Waals surface area contributed by atoms with E-state index in [9.17, 15) is 18.0 Å². The van der Waals surface area contributed by atoms with Gasteiger partial charge in [0.15, 0.2) is 5.69 Å². The van der Waals surface area contributed by atoms with E-state index in [2.05, 4.69) is 4.98 Å². The van der Waals surface area contributed by atoms with E-state index in [1.165, 1.54) is 6.08 Å². The molecule has 0 fully saturated rings. The fraction of sp³-hybridized carbons (Fsp3) is 0.385. The lowest BCUT2D eigenvalue weighted by Gasteiger charge is -2.12. The van der Waals surface area contributed by atoms with Crippen LogP contribution in [0.3, 0.4) is 0 Å². The van der Waals surface area contributed by atoms with Gasteiger partial charge in [-0.05, 0) is 30.5 Å². The maximum atomic E-state index is 12.7. The Bertz CT molecular complexity index is 527. The number of aryl methyl sites for hydroxylation is 1. The Hall–Kier alpha value is -1.56. The van der Waals surface area contributed by atoms with Gasteiger partial charge in [0.25, 0.3) is 0 Å². The van der Waals surface area contributed by atoms with Gasteiger partial charge in [-0.25, -0.2) is 9.78 Å². The number of carbonyl (C=O) groups is 1. The van der Waals surface area contributed by atoms with Gasteiger partial charge in [0.2, 0.25) is 0 Å². The number of carboxylic acids is 1. The Kier molecular flexibility index (Phi) is 5.56. The molecule has 1 N–H and O–H groups in total. The predicted octanol–water partition coefficient (Wildman–Crippen LogP) is 4.19. The van der Waals surface area contributed by atoms with E-state index in [1.807, 2.05) is 6.92 Å². The fourth-order valence-corrected chi connectivity index (χ4v) is 1.86. The average Bonchev–Trinajstić information content (AvgIpc) is 2.33. The molecule has 0 aromatic carbocycles. The quantitative estimate of drug-likeness (QED) is 0.830. The molecule has 0 saturated heterocycles. The van der Waals surface area contributed by atoms with Crippen molar-refractivity contribution in [3.8, 4) is 0 Å². The van der Waals surface area contributed by atoms with Crippen LogP contribution in [-0.4, -0.2) is 16.1 Å². The van der Waals surface area contributed by atoms with Gasteiger partial charge in [0.05, 0.1) is 5.02 Å². The lowest BCUT2D eigenvalue weighted by atomic mass is 10.1. The smallest absolute Gasteiger partial charge is 0.434 e. The average molecular weight is 308 g/mol. The van der Waals surface area contributed by atoms with Crippen molar-refractivity contribution in [2.45, 2.75) is 32.4 Å². The summed E-state index contributed by atoms with van der Waals surface area (Å²) in [5.41, 5.74) is -0.655. The van der Waals surface area contributed by atoms with Crippen LogP contribution >= 0.6 is 11.6 Å². The Balaban J connectivity index is 3.28. The molecule has 0 aliphatic rings. The number of hydrogen-bond donors (Lipinski definition) is 1. The molecule has 3 nitrogen and oxygen atoms in total. The second-order valence-corrected chi connectivity index (χ2v) is 4.53. The highest BCUT2D eigenvalue weighted by atomic mass is 35.5. The van der Waals surface area contributed by atoms with Crippen molar-refractivity contribution < 1.29 is 23.1 Å². The van der Waals surface area contributed by atoms with Crippen molar-refractivity contribution in [1.82, 2.24) is 4.98 Å². The number of aromatic nitrogens is 1. The molecule has 0 aliphatic heterocycles. The number of alkyl halides is 3. The summed E-state index contributed by atoms with van der Waals surface area (Å²) in [6.45, 7) is 1.90. The molecule has 0 bridgehead atoms. The first-order chi connectivity index (χ1) is 9.25. The molecule has 0 radical (unpaired) electrons. The highest BCUT2D eigenvalue weighted by Gasteiger charge is 2.35. The lowest BCUT2D eigenvalue weighted by Crippen LogP contribution is -2.11. The lowest BCUT2D eigenvalue weighted by molar-refractivity contribution is -0.141. The second kappa shape index (κ2) is 6.74. The summed E-state index contributed by atoms with van der Waals surface area (Å²) in [6.07, 6.45) is -0.820. The van der Waals surface area contributed by atoms with E-state index in [0.29, 0.717) is 18.4 Å². The molecule has 1 heterocycles. The third-order valence-electron chi connectivity index (χ3n) is 2.53. The first-order valence-electron chi connectivity index (χ1n) is 5.93. The van der Waals surface area contributed by atoms with E-state index in [1.54, 1.807) is 0 Å². The summed E-state index contributed by atoms with van der Waals surface area (Å²) in [4.78, 5) is 14.0. The Morgan fingerprint density at radius 1 is 1.50 bits per heavy atom. The standard InChI is InChI=1S/C13H13ClF3NO2/c1-2-3-4-10-8(5-6-11(19)20)7-9(14)12(18-10)13(15,16)17/h5-7H,2-4H2,1H3,(H,19,20)/b6-5+. The molecule has 1 rings (SSSR count). The SMILES string of the molecule is CCCCc1nc(C(F)(F)F)c(Cl)cc1/C=C/C(=O)O. The highest BCUT2D eigenvalue weighted by molar-refractivity contribution is 6.31. The van der Waals surface area contributed by atoms with Crippen LogP contribution < -0.4 is 0 Å². The summed E-state index contributed by atoms with van der Waals surface area (Å²) >= 11 is 5.57. The van der Waals surface area contributed by atoms with Gasteiger partial charge in [-0.2, -0.15) is 13.2 Å². The summed E-state index contributed by atoms with van der Waals surface area (Å²) in [5.74, 6) is -1.19. The predicted molar refractivity (Wildman–Crippen MR) is 69.5 cm³/mol. The molecule has 0 amide bonds. The van der Waals surface area contributed by atoms with Crippen LogP contribution in [-0.2, 0) is 17.4 Å². The molecule has 0 saturated carbocycles. The topological polar surface area (TPSA) is 50.2 Å². The zero-order valence-electron chi connectivity index (χ0n) is 10.7. The van der Waals surface area contributed by atoms with Gasteiger partial charge in [0, 0.05) is 11.8 Å². The summed E-state index contributed by atoms with van der Waals surface area (Å²) in [5, 5.41) is 8.04. The van der Waals surface area contributed by atoms with Crippen LogP contribution in [0.5, 0.6) is 0 Å². The van der Waals surface area contributed by atoms with E-state index < -0.39 is 22.9 Å². The van der Waals surface area contributed by atoms with Gasteiger partial charge in [-0.3, -0.25) is 0 Å². The molecule has 7 heteroatoms. The van der Waals surface area contributed by atoms with Crippen LogP contribution in [0.2, 0.25) is 5.02 Å². The molecule has 110 valence electrons. The minimum atomic E-state index is -4.63. The monoisotopic (exact) mass is 307 g/mol. The van der Waals surface area contributed by atoms with E-state index in [4.69, 9.17) is 16.7 Å². The van der Waals surface area contributed by atoms with Crippen molar-refractivity contribution in [2.24, 2.45) is 0 Å². The largest absolute Gasteiger partial charge is 0.478 e. The number of aliphatic carboxylic acids is 1. The Labute approximate surface area is 119 Å². The maximum absolute atomic E-state index is 12.7. The Morgan fingerprint density at radius 3 is 2.65 bits per heavy atom. The van der Waals surface area contributed by atoms with Gasteiger partial charge < -0.3 is 5.11 Å². The number of pyridine rings is 1. The number of rotatable bonds is 5. The van der Waals surface area contributed by atoms with Crippen molar-refractivity contribution in [3.05, 3.63) is 34.1 Å². The molecular weight excluding hydrogens is 295 g/mol. The summed E-state index contributed by atoms with van der Waals surface area (Å²) in [6, 6.07) is 1.10. The van der Waals surface area contributed by atoms with E-state index in [0.717, 1.165) is 18.6 Å². The number of hydrogen-bond acceptors (Lipinski definition) is 2. The van der Waals surface area contributed by atoms with Crippen LogP contribution in [0.4, 0.5) is 13.2 Å². The third kappa shape index (κ3) is 4.52. The molecule has 1 aromatic heterocycles. The van der Waals surface area contributed by atoms with Crippen LogP contribution in [0.1, 0.15) is 36.7 Å². The maximum Gasteiger partial charge on any atom is 0.434 e. The number of halogens is 4. The van der Waals surface area contributed by atoms with Crippen molar-refractivity contribution in [1.29, 1.82) is 0 Å². The van der Waals surface area contributed by atoms with Gasteiger partial charge >= 0.3 is 12.1 Å². The zero-order chi connectivity index (χ0) is 15.3. The first-order valence-corrected chi connectivity index (χ1v) is 6.31. The molecule has 0 unspecified atom stereocenters.